The van der Waals surface area contributed by atoms with Crippen molar-refractivity contribution < 1.29 is 22.8 Å². The fourth-order valence-electron chi connectivity index (χ4n) is 2.67. The van der Waals surface area contributed by atoms with E-state index in [-0.39, 0.29) is 5.91 Å². The summed E-state index contributed by atoms with van der Waals surface area (Å²) < 4.78 is 40.2. The average Bonchev–Trinajstić information content (AvgIpc) is 3.30. The SMILES string of the molecule is O=C(c1csc2nc(-c3cccc(C(F)(F)F)c3)cn12)N1CCCO1. The molecule has 25 heavy (non-hydrogen) atoms. The molecule has 0 atom stereocenters. The average molecular weight is 367 g/mol. The Morgan fingerprint density at radius 2 is 2.16 bits per heavy atom. The number of thiazole rings is 1. The summed E-state index contributed by atoms with van der Waals surface area (Å²) in [5, 5.41) is 2.97. The molecule has 1 saturated heterocycles. The Kier molecular flexibility index (Phi) is 3.77. The van der Waals surface area contributed by atoms with E-state index in [2.05, 4.69) is 4.98 Å². The molecular formula is C16H12F3N3O2S. The van der Waals surface area contributed by atoms with Gasteiger partial charge in [0.25, 0.3) is 5.91 Å². The molecule has 2 aromatic heterocycles. The first-order valence-corrected chi connectivity index (χ1v) is 8.40. The van der Waals surface area contributed by atoms with E-state index in [1.807, 2.05) is 0 Å². The first kappa shape index (κ1) is 16.1. The Morgan fingerprint density at radius 1 is 1.32 bits per heavy atom. The van der Waals surface area contributed by atoms with Gasteiger partial charge in [-0.05, 0) is 18.6 Å². The van der Waals surface area contributed by atoms with Gasteiger partial charge >= 0.3 is 6.18 Å². The van der Waals surface area contributed by atoms with E-state index in [1.54, 1.807) is 22.0 Å². The summed E-state index contributed by atoms with van der Waals surface area (Å²) in [7, 11) is 0. The minimum Gasteiger partial charge on any atom is -0.285 e. The molecule has 0 aliphatic carbocycles. The van der Waals surface area contributed by atoms with Crippen molar-refractivity contribution in [1.82, 2.24) is 14.4 Å². The smallest absolute Gasteiger partial charge is 0.285 e. The monoisotopic (exact) mass is 367 g/mol. The molecule has 1 aliphatic rings. The molecule has 1 aliphatic heterocycles. The van der Waals surface area contributed by atoms with Gasteiger partial charge in [-0.3, -0.25) is 14.0 Å². The number of amides is 1. The summed E-state index contributed by atoms with van der Waals surface area (Å²) in [6.07, 6.45) is -2.07. The van der Waals surface area contributed by atoms with E-state index in [1.165, 1.54) is 22.5 Å². The van der Waals surface area contributed by atoms with Crippen LogP contribution in [-0.2, 0) is 11.0 Å². The maximum Gasteiger partial charge on any atom is 0.416 e. The Bertz CT molecular complexity index is 942. The Morgan fingerprint density at radius 3 is 2.88 bits per heavy atom. The zero-order chi connectivity index (χ0) is 17.6. The second kappa shape index (κ2) is 5.85. The largest absolute Gasteiger partial charge is 0.416 e. The number of hydrogen-bond acceptors (Lipinski definition) is 4. The van der Waals surface area contributed by atoms with Crippen LogP contribution in [0.25, 0.3) is 16.2 Å². The van der Waals surface area contributed by atoms with Crippen LogP contribution in [-0.4, -0.2) is 33.5 Å². The van der Waals surface area contributed by atoms with Crippen LogP contribution in [0.4, 0.5) is 13.2 Å². The third kappa shape index (κ3) is 2.89. The van der Waals surface area contributed by atoms with E-state index >= 15 is 0 Å². The number of rotatable bonds is 2. The highest BCUT2D eigenvalue weighted by Gasteiger charge is 2.31. The molecule has 5 nitrogen and oxygen atoms in total. The fraction of sp³-hybridized carbons (Fsp3) is 0.250. The molecule has 0 saturated carbocycles. The van der Waals surface area contributed by atoms with Gasteiger partial charge in [0.1, 0.15) is 5.69 Å². The number of nitrogens with zero attached hydrogens (tertiary/aromatic N) is 3. The molecule has 0 N–H and O–H groups in total. The lowest BCUT2D eigenvalue weighted by molar-refractivity contribution is -0.137. The van der Waals surface area contributed by atoms with Crippen LogP contribution in [0.5, 0.6) is 0 Å². The van der Waals surface area contributed by atoms with Gasteiger partial charge in [0.2, 0.25) is 0 Å². The zero-order valence-electron chi connectivity index (χ0n) is 12.8. The van der Waals surface area contributed by atoms with Gasteiger partial charge in [-0.2, -0.15) is 13.2 Å². The maximum atomic E-state index is 12.9. The molecular weight excluding hydrogens is 355 g/mol. The van der Waals surface area contributed by atoms with Gasteiger partial charge in [-0.25, -0.2) is 10.0 Å². The molecule has 130 valence electrons. The number of hydrogen-bond donors (Lipinski definition) is 0. The topological polar surface area (TPSA) is 46.8 Å². The van der Waals surface area contributed by atoms with Crippen molar-refractivity contribution >= 4 is 22.2 Å². The Labute approximate surface area is 144 Å². The highest BCUT2D eigenvalue weighted by Crippen LogP contribution is 2.32. The summed E-state index contributed by atoms with van der Waals surface area (Å²) in [6.45, 7) is 1.02. The lowest BCUT2D eigenvalue weighted by atomic mass is 10.1. The molecule has 0 bridgehead atoms. The molecule has 0 unspecified atom stereocenters. The number of carbonyl (C=O) groups excluding carboxylic acids is 1. The van der Waals surface area contributed by atoms with Crippen LogP contribution in [0.2, 0.25) is 0 Å². The van der Waals surface area contributed by atoms with E-state index in [0.717, 1.165) is 18.6 Å². The first-order valence-electron chi connectivity index (χ1n) is 7.52. The van der Waals surface area contributed by atoms with Gasteiger partial charge in [0.05, 0.1) is 24.4 Å². The second-order valence-corrected chi connectivity index (χ2v) is 6.41. The first-order chi connectivity index (χ1) is 11.9. The minimum absolute atomic E-state index is 0.281. The van der Waals surface area contributed by atoms with Crippen molar-refractivity contribution in [2.24, 2.45) is 0 Å². The lowest BCUT2D eigenvalue weighted by Gasteiger charge is -2.12. The van der Waals surface area contributed by atoms with E-state index < -0.39 is 11.7 Å². The summed E-state index contributed by atoms with van der Waals surface area (Å²) >= 11 is 1.25. The minimum atomic E-state index is -4.42. The lowest BCUT2D eigenvalue weighted by Crippen LogP contribution is -2.27. The molecule has 4 rings (SSSR count). The van der Waals surface area contributed by atoms with E-state index in [9.17, 15) is 18.0 Å². The maximum absolute atomic E-state index is 12.9. The number of imidazole rings is 1. The molecule has 1 aromatic carbocycles. The van der Waals surface area contributed by atoms with Crippen LogP contribution < -0.4 is 0 Å². The second-order valence-electron chi connectivity index (χ2n) is 5.57. The Hall–Kier alpha value is -2.39. The van der Waals surface area contributed by atoms with E-state index in [0.29, 0.717) is 35.1 Å². The number of benzene rings is 1. The van der Waals surface area contributed by atoms with Crippen LogP contribution >= 0.6 is 11.3 Å². The molecule has 0 spiro atoms. The third-order valence-electron chi connectivity index (χ3n) is 3.89. The van der Waals surface area contributed by atoms with Crippen molar-refractivity contribution in [2.45, 2.75) is 12.6 Å². The van der Waals surface area contributed by atoms with Crippen LogP contribution in [0.1, 0.15) is 22.5 Å². The van der Waals surface area contributed by atoms with Crippen LogP contribution in [0, 0.1) is 0 Å². The highest BCUT2D eigenvalue weighted by atomic mass is 32.1. The molecule has 9 heteroatoms. The van der Waals surface area contributed by atoms with Gasteiger partial charge in [0, 0.05) is 17.1 Å². The molecule has 1 amide bonds. The highest BCUT2D eigenvalue weighted by molar-refractivity contribution is 7.15. The van der Waals surface area contributed by atoms with Crippen molar-refractivity contribution in [2.75, 3.05) is 13.2 Å². The summed E-state index contributed by atoms with van der Waals surface area (Å²) in [5.41, 5.74) is 0.381. The van der Waals surface area contributed by atoms with Crippen LogP contribution in [0.15, 0.2) is 35.8 Å². The molecule has 3 heterocycles. The fourth-order valence-corrected chi connectivity index (χ4v) is 3.51. The number of halogens is 3. The van der Waals surface area contributed by atoms with Crippen molar-refractivity contribution in [1.29, 1.82) is 0 Å². The van der Waals surface area contributed by atoms with Crippen molar-refractivity contribution in [3.8, 4) is 11.3 Å². The van der Waals surface area contributed by atoms with Crippen molar-refractivity contribution in [3.63, 3.8) is 0 Å². The molecule has 3 aromatic rings. The predicted octanol–water partition coefficient (Wildman–Crippen LogP) is 3.86. The van der Waals surface area contributed by atoms with Gasteiger partial charge < -0.3 is 0 Å². The van der Waals surface area contributed by atoms with Gasteiger partial charge in [-0.15, -0.1) is 11.3 Å². The quantitative estimate of drug-likeness (QED) is 0.691. The number of fused-ring (bicyclic) bond motifs is 1. The third-order valence-corrected chi connectivity index (χ3v) is 4.73. The van der Waals surface area contributed by atoms with Gasteiger partial charge in [0.15, 0.2) is 4.96 Å². The molecule has 1 fully saturated rings. The van der Waals surface area contributed by atoms with Gasteiger partial charge in [-0.1, -0.05) is 12.1 Å². The normalized spacial score (nSPS) is 15.2. The summed E-state index contributed by atoms with van der Waals surface area (Å²) in [4.78, 5) is 22.6. The molecule has 0 radical (unpaired) electrons. The number of aromatic nitrogens is 2. The Balaban J connectivity index is 1.72. The summed E-state index contributed by atoms with van der Waals surface area (Å²) in [6, 6.07) is 4.97. The number of hydroxylamine groups is 2. The van der Waals surface area contributed by atoms with Crippen molar-refractivity contribution in [3.05, 3.63) is 47.1 Å². The number of alkyl halides is 3. The standard InChI is InChI=1S/C16H12F3N3O2S/c17-16(18,19)11-4-1-3-10(7-11)12-8-21-13(9-25-15(21)20-12)14(23)22-5-2-6-24-22/h1,3-4,7-9H,2,5-6H2. The summed E-state index contributed by atoms with van der Waals surface area (Å²) in [5.74, 6) is -0.281. The van der Waals surface area contributed by atoms with Crippen LogP contribution in [0.3, 0.4) is 0 Å². The zero-order valence-corrected chi connectivity index (χ0v) is 13.6. The van der Waals surface area contributed by atoms with E-state index in [4.69, 9.17) is 4.84 Å². The number of carbonyl (C=O) groups is 1. The predicted molar refractivity (Wildman–Crippen MR) is 85.1 cm³/mol.